The van der Waals surface area contributed by atoms with Gasteiger partial charge in [0, 0.05) is 18.7 Å². The zero-order valence-electron chi connectivity index (χ0n) is 10.8. The van der Waals surface area contributed by atoms with Gasteiger partial charge < -0.3 is 10.6 Å². The highest BCUT2D eigenvalue weighted by atomic mass is 35.5. The first kappa shape index (κ1) is 15.7. The minimum atomic E-state index is -1.31. The van der Waals surface area contributed by atoms with Gasteiger partial charge in [-0.2, -0.15) is 0 Å². The summed E-state index contributed by atoms with van der Waals surface area (Å²) in [4.78, 5) is 4.06. The largest absolute Gasteiger partial charge is 0.369 e. The molecule has 0 atom stereocenters. The summed E-state index contributed by atoms with van der Waals surface area (Å²) in [5, 5.41) is 5.70. The summed E-state index contributed by atoms with van der Waals surface area (Å²) in [7, 11) is 0. The molecule has 0 aliphatic heterocycles. The normalized spacial score (nSPS) is 10.6. The number of aromatic nitrogens is 1. The Bertz CT molecular complexity index is 680. The average Bonchev–Trinajstić information content (AvgIpc) is 2.41. The molecule has 1 aromatic carbocycles. The molecule has 0 fully saturated rings. The zero-order chi connectivity index (χ0) is 15.6. The van der Waals surface area contributed by atoms with Crippen LogP contribution < -0.4 is 10.6 Å². The van der Waals surface area contributed by atoms with Crippen molar-refractivity contribution >= 4 is 40.5 Å². The van der Waals surface area contributed by atoms with Crippen molar-refractivity contribution in [1.29, 1.82) is 0 Å². The number of hydrogen-bond donors (Lipinski definition) is 2. The van der Waals surface area contributed by atoms with Crippen molar-refractivity contribution < 1.29 is 13.2 Å². The van der Waals surface area contributed by atoms with Crippen LogP contribution in [0.2, 0.25) is 10.0 Å². The number of anilines is 3. The molecule has 0 saturated carbocycles. The minimum Gasteiger partial charge on any atom is -0.369 e. The summed E-state index contributed by atoms with van der Waals surface area (Å²) in [6.07, 6.45) is 0. The molecule has 0 aliphatic carbocycles. The summed E-state index contributed by atoms with van der Waals surface area (Å²) in [5.74, 6) is -3.11. The lowest BCUT2D eigenvalue weighted by molar-refractivity contribution is 0.498. The maximum Gasteiger partial charge on any atom is 0.182 e. The molecule has 8 heteroatoms. The highest BCUT2D eigenvalue weighted by Gasteiger charge is 2.15. The molecule has 1 aromatic heterocycles. The quantitative estimate of drug-likeness (QED) is 0.773. The van der Waals surface area contributed by atoms with Crippen LogP contribution in [0.3, 0.4) is 0 Å². The number of nitrogens with one attached hydrogen (secondary N) is 2. The maximum absolute atomic E-state index is 13.6. The molecule has 0 amide bonds. The highest BCUT2D eigenvalue weighted by Crippen LogP contribution is 2.32. The first-order chi connectivity index (χ1) is 9.92. The van der Waals surface area contributed by atoms with Gasteiger partial charge in [-0.3, -0.25) is 0 Å². The summed E-state index contributed by atoms with van der Waals surface area (Å²) >= 11 is 11.9. The molecule has 2 N–H and O–H groups in total. The molecule has 112 valence electrons. The van der Waals surface area contributed by atoms with E-state index in [-0.39, 0.29) is 15.9 Å². The third kappa shape index (κ3) is 3.51. The van der Waals surface area contributed by atoms with E-state index in [4.69, 9.17) is 23.2 Å². The summed E-state index contributed by atoms with van der Waals surface area (Å²) in [5.41, 5.74) is -0.410. The van der Waals surface area contributed by atoms with Crippen molar-refractivity contribution in [3.8, 4) is 0 Å². The predicted octanol–water partition coefficient (Wildman–Crippen LogP) is 4.98. The lowest BCUT2D eigenvalue weighted by Crippen LogP contribution is -2.04. The van der Waals surface area contributed by atoms with Gasteiger partial charge >= 0.3 is 0 Å². The Kier molecular flexibility index (Phi) is 4.80. The molecule has 0 aliphatic rings. The molecule has 0 saturated heterocycles. The third-order valence-electron chi connectivity index (χ3n) is 2.52. The fourth-order valence-corrected chi connectivity index (χ4v) is 2.09. The molecule has 0 bridgehead atoms. The van der Waals surface area contributed by atoms with Crippen molar-refractivity contribution in [3.63, 3.8) is 0 Å². The van der Waals surface area contributed by atoms with E-state index >= 15 is 0 Å². The monoisotopic (exact) mass is 335 g/mol. The number of rotatable bonds is 4. The lowest BCUT2D eigenvalue weighted by atomic mass is 10.2. The van der Waals surface area contributed by atoms with E-state index in [1.165, 1.54) is 6.07 Å². The van der Waals surface area contributed by atoms with Crippen molar-refractivity contribution in [2.45, 2.75) is 6.92 Å². The zero-order valence-corrected chi connectivity index (χ0v) is 12.3. The Morgan fingerprint density at radius 3 is 2.38 bits per heavy atom. The topological polar surface area (TPSA) is 37.0 Å². The van der Waals surface area contributed by atoms with Crippen molar-refractivity contribution in [3.05, 3.63) is 45.7 Å². The third-order valence-corrected chi connectivity index (χ3v) is 3.10. The van der Waals surface area contributed by atoms with Gasteiger partial charge in [-0.25, -0.2) is 18.2 Å². The molecule has 21 heavy (non-hydrogen) atoms. The van der Waals surface area contributed by atoms with Crippen molar-refractivity contribution in [2.24, 2.45) is 0 Å². The second-order valence-electron chi connectivity index (χ2n) is 4.05. The molecule has 3 nitrogen and oxygen atoms in total. The van der Waals surface area contributed by atoms with Crippen LogP contribution in [0, 0.1) is 17.5 Å². The van der Waals surface area contributed by atoms with Gasteiger partial charge in [-0.15, -0.1) is 0 Å². The number of benzene rings is 1. The van der Waals surface area contributed by atoms with Crippen LogP contribution in [-0.4, -0.2) is 11.5 Å². The van der Waals surface area contributed by atoms with E-state index in [1.54, 1.807) is 0 Å². The van der Waals surface area contributed by atoms with Crippen LogP contribution in [0.4, 0.5) is 30.5 Å². The van der Waals surface area contributed by atoms with E-state index in [9.17, 15) is 13.2 Å². The summed E-state index contributed by atoms with van der Waals surface area (Å²) in [6, 6.07) is 2.64. The van der Waals surface area contributed by atoms with Crippen molar-refractivity contribution in [1.82, 2.24) is 4.98 Å². The number of hydrogen-bond acceptors (Lipinski definition) is 3. The molecular formula is C13H10Cl2F3N3. The molecule has 0 radical (unpaired) electrons. The molecule has 1 heterocycles. The fourth-order valence-electron chi connectivity index (χ4n) is 1.62. The highest BCUT2D eigenvalue weighted by molar-refractivity contribution is 6.37. The van der Waals surface area contributed by atoms with E-state index in [2.05, 4.69) is 15.6 Å². The van der Waals surface area contributed by atoms with E-state index in [0.717, 1.165) is 6.07 Å². The summed E-state index contributed by atoms with van der Waals surface area (Å²) in [6.45, 7) is 2.39. The molecule has 2 rings (SSSR count). The predicted molar refractivity (Wildman–Crippen MR) is 78.0 cm³/mol. The molecule has 2 aromatic rings. The average molecular weight is 336 g/mol. The van der Waals surface area contributed by atoms with Gasteiger partial charge in [0.1, 0.15) is 11.6 Å². The van der Waals surface area contributed by atoms with E-state index in [1.807, 2.05) is 6.92 Å². The second kappa shape index (κ2) is 6.41. The Morgan fingerprint density at radius 2 is 1.71 bits per heavy atom. The molecule has 0 spiro atoms. The van der Waals surface area contributed by atoms with Gasteiger partial charge in [-0.05, 0) is 13.0 Å². The molecule has 0 unspecified atom stereocenters. The molecular weight excluding hydrogens is 326 g/mol. The van der Waals surface area contributed by atoms with Gasteiger partial charge in [0.05, 0.1) is 15.7 Å². The fraction of sp³-hybridized carbons (Fsp3) is 0.154. The Morgan fingerprint density at radius 1 is 1.05 bits per heavy atom. The van der Waals surface area contributed by atoms with Crippen LogP contribution >= 0.6 is 23.2 Å². The smallest absolute Gasteiger partial charge is 0.182 e. The Hall–Kier alpha value is -1.66. The van der Waals surface area contributed by atoms with Gasteiger partial charge in [0.15, 0.2) is 17.5 Å². The van der Waals surface area contributed by atoms with Crippen molar-refractivity contribution in [2.75, 3.05) is 17.2 Å². The number of pyridine rings is 1. The van der Waals surface area contributed by atoms with Crippen LogP contribution in [0.1, 0.15) is 6.92 Å². The van der Waals surface area contributed by atoms with Crippen LogP contribution in [0.5, 0.6) is 0 Å². The van der Waals surface area contributed by atoms with Gasteiger partial charge in [0.2, 0.25) is 0 Å². The van der Waals surface area contributed by atoms with Crippen LogP contribution in [-0.2, 0) is 0 Å². The summed E-state index contributed by atoms with van der Waals surface area (Å²) < 4.78 is 39.9. The minimum absolute atomic E-state index is 0.0286. The maximum atomic E-state index is 13.6. The first-order valence-electron chi connectivity index (χ1n) is 5.93. The van der Waals surface area contributed by atoms with Gasteiger partial charge in [-0.1, -0.05) is 23.2 Å². The first-order valence-corrected chi connectivity index (χ1v) is 6.69. The number of halogens is 5. The van der Waals surface area contributed by atoms with E-state index in [0.29, 0.717) is 18.4 Å². The van der Waals surface area contributed by atoms with Crippen LogP contribution in [0.25, 0.3) is 0 Å². The van der Waals surface area contributed by atoms with E-state index < -0.39 is 23.1 Å². The Labute approximate surface area is 129 Å². The van der Waals surface area contributed by atoms with Gasteiger partial charge in [0.25, 0.3) is 0 Å². The SMILES string of the molecule is CCNc1nc(Nc2cc(F)cc(F)c2F)c(Cl)cc1Cl. The standard InChI is InChI=1S/C13H10Cl2F3N3/c1-2-19-12-7(14)5-8(15)13(21-12)20-10-4-6(16)3-9(17)11(10)18/h3-5H,2H2,1H3,(H2,19,20,21). The van der Waals surface area contributed by atoms with Crippen LogP contribution in [0.15, 0.2) is 18.2 Å². The number of nitrogens with zero attached hydrogens (tertiary/aromatic N) is 1. The lowest BCUT2D eigenvalue weighted by Gasteiger charge is -2.12. The Balaban J connectivity index is 2.42. The second-order valence-corrected chi connectivity index (χ2v) is 4.87.